The smallest absolute Gasteiger partial charge is 0.295 e. The summed E-state index contributed by atoms with van der Waals surface area (Å²) in [5.41, 5.74) is 0.853. The molecule has 0 radical (unpaired) electrons. The van der Waals surface area contributed by atoms with E-state index in [1.807, 2.05) is 6.92 Å². The van der Waals surface area contributed by atoms with Gasteiger partial charge in [-0.1, -0.05) is 6.92 Å². The molecule has 160 valence electrons. The summed E-state index contributed by atoms with van der Waals surface area (Å²) >= 11 is 5.90. The number of methoxy groups -OCH3 is 1. The van der Waals surface area contributed by atoms with Gasteiger partial charge in [-0.2, -0.15) is 4.98 Å². The fraction of sp³-hybridized carbons (Fsp3) is 0.389. The van der Waals surface area contributed by atoms with Crippen LogP contribution in [0.2, 0.25) is 5.28 Å². The topological polar surface area (TPSA) is 129 Å². The maximum absolute atomic E-state index is 13.0. The molecule has 0 aliphatic rings. The maximum atomic E-state index is 13.0. The molecule has 3 rings (SSSR count). The number of nitrogens with zero attached hydrogens (tertiary/aromatic N) is 5. The lowest BCUT2D eigenvalue weighted by molar-refractivity contribution is 0.162. The number of rotatable bonds is 8. The molecule has 0 unspecified atom stereocenters. The summed E-state index contributed by atoms with van der Waals surface area (Å²) in [5.74, 6) is 0.0851. The highest BCUT2D eigenvalue weighted by Gasteiger charge is 2.18. The van der Waals surface area contributed by atoms with Crippen molar-refractivity contribution in [3.8, 4) is 0 Å². The zero-order valence-electron chi connectivity index (χ0n) is 16.7. The Morgan fingerprint density at radius 3 is 2.63 bits per heavy atom. The molecule has 3 heterocycles. The minimum Gasteiger partial charge on any atom is -0.383 e. The molecular weight excluding hydrogens is 432 g/mol. The predicted octanol–water partition coefficient (Wildman–Crippen LogP) is 1.85. The van der Waals surface area contributed by atoms with E-state index in [9.17, 15) is 13.2 Å². The van der Waals surface area contributed by atoms with Gasteiger partial charge in [0.05, 0.1) is 41.7 Å². The van der Waals surface area contributed by atoms with Gasteiger partial charge in [-0.3, -0.25) is 14.3 Å². The predicted molar refractivity (Wildman–Crippen MR) is 112 cm³/mol. The van der Waals surface area contributed by atoms with Gasteiger partial charge in [-0.25, -0.2) is 18.4 Å². The third kappa shape index (κ3) is 4.58. The molecule has 0 aliphatic carbocycles. The molecule has 3 aromatic rings. The van der Waals surface area contributed by atoms with Crippen molar-refractivity contribution in [2.24, 2.45) is 0 Å². The second-order valence-electron chi connectivity index (χ2n) is 6.53. The van der Waals surface area contributed by atoms with E-state index in [2.05, 4.69) is 25.3 Å². The number of anilines is 1. The van der Waals surface area contributed by atoms with Gasteiger partial charge in [0.25, 0.3) is 5.56 Å². The fourth-order valence-electron chi connectivity index (χ4n) is 2.86. The zero-order chi connectivity index (χ0) is 21.9. The van der Waals surface area contributed by atoms with Gasteiger partial charge in [-0.15, -0.1) is 0 Å². The highest BCUT2D eigenvalue weighted by Crippen LogP contribution is 2.17. The first-order valence-electron chi connectivity index (χ1n) is 9.12. The number of hydrogen-bond donors (Lipinski definition) is 1. The van der Waals surface area contributed by atoms with E-state index < -0.39 is 15.4 Å². The number of aromatic nitrogens is 5. The molecule has 0 spiro atoms. The SMILES string of the molecule is CCS(=O)(=O)c1ccc(CNc2nc3cnc(Cl)nc3n([C@H](C)COC)c2=O)nc1. The number of ether oxygens (including phenoxy) is 1. The van der Waals surface area contributed by atoms with Crippen molar-refractivity contribution < 1.29 is 13.2 Å². The summed E-state index contributed by atoms with van der Waals surface area (Å²) < 4.78 is 30.4. The molecule has 0 amide bonds. The highest BCUT2D eigenvalue weighted by molar-refractivity contribution is 7.91. The summed E-state index contributed by atoms with van der Waals surface area (Å²) in [5, 5.41) is 2.97. The normalized spacial score (nSPS) is 12.8. The van der Waals surface area contributed by atoms with Gasteiger partial charge < -0.3 is 10.1 Å². The van der Waals surface area contributed by atoms with Gasteiger partial charge in [0.2, 0.25) is 5.28 Å². The van der Waals surface area contributed by atoms with Crippen LogP contribution in [0.3, 0.4) is 0 Å². The van der Waals surface area contributed by atoms with Crippen LogP contribution in [-0.2, 0) is 21.1 Å². The van der Waals surface area contributed by atoms with Crippen LogP contribution in [0.4, 0.5) is 5.82 Å². The first-order valence-corrected chi connectivity index (χ1v) is 11.1. The molecule has 0 bridgehead atoms. The number of pyridine rings is 1. The van der Waals surface area contributed by atoms with Crippen molar-refractivity contribution in [1.29, 1.82) is 0 Å². The number of hydrogen-bond acceptors (Lipinski definition) is 9. The number of fused-ring (bicyclic) bond motifs is 1. The van der Waals surface area contributed by atoms with Crippen molar-refractivity contribution >= 4 is 38.4 Å². The molecule has 0 aromatic carbocycles. The van der Waals surface area contributed by atoms with Gasteiger partial charge in [0.1, 0.15) is 5.52 Å². The summed E-state index contributed by atoms with van der Waals surface area (Å²) in [6.45, 7) is 3.85. The molecule has 0 saturated carbocycles. The largest absolute Gasteiger partial charge is 0.383 e. The van der Waals surface area contributed by atoms with Crippen LogP contribution in [0.25, 0.3) is 11.2 Å². The second-order valence-corrected chi connectivity index (χ2v) is 9.15. The molecule has 10 nitrogen and oxygen atoms in total. The minimum atomic E-state index is -3.32. The van der Waals surface area contributed by atoms with E-state index in [-0.39, 0.29) is 40.9 Å². The Labute approximate surface area is 178 Å². The van der Waals surface area contributed by atoms with Crippen LogP contribution in [0.5, 0.6) is 0 Å². The summed E-state index contributed by atoms with van der Waals surface area (Å²) in [6, 6.07) is 2.76. The summed E-state index contributed by atoms with van der Waals surface area (Å²) in [6.07, 6.45) is 2.74. The Morgan fingerprint density at radius 2 is 2.00 bits per heavy atom. The van der Waals surface area contributed by atoms with Gasteiger partial charge in [0, 0.05) is 13.3 Å². The molecule has 1 N–H and O–H groups in total. The molecule has 1 atom stereocenters. The molecule has 3 aromatic heterocycles. The average molecular weight is 453 g/mol. The summed E-state index contributed by atoms with van der Waals surface area (Å²) in [4.78, 5) is 29.7. The Hall–Kier alpha value is -2.63. The standard InChI is InChI=1S/C18H21ClN6O4S/c1-4-30(27,28)13-6-5-12(20-8-13)7-21-15-17(26)25(11(2)10-29-3)16-14(23-15)9-22-18(19)24-16/h5-6,8-9,11H,4,7,10H2,1-3H3,(H,21,23)/t11-/m1/s1. The monoisotopic (exact) mass is 452 g/mol. The molecular formula is C18H21ClN6O4S. The van der Waals surface area contributed by atoms with Crippen molar-refractivity contribution in [1.82, 2.24) is 24.5 Å². The Bertz CT molecular complexity index is 1210. The molecule has 0 fully saturated rings. The quantitative estimate of drug-likeness (QED) is 0.509. The Balaban J connectivity index is 1.94. The van der Waals surface area contributed by atoms with Gasteiger partial charge in [0.15, 0.2) is 21.3 Å². The lowest BCUT2D eigenvalue weighted by Crippen LogP contribution is -2.30. The number of halogens is 1. The van der Waals surface area contributed by atoms with Crippen molar-refractivity contribution in [2.45, 2.75) is 31.3 Å². The van der Waals surface area contributed by atoms with Crippen molar-refractivity contribution in [2.75, 3.05) is 24.8 Å². The van der Waals surface area contributed by atoms with Crippen LogP contribution < -0.4 is 10.9 Å². The van der Waals surface area contributed by atoms with E-state index in [0.29, 0.717) is 16.9 Å². The zero-order valence-corrected chi connectivity index (χ0v) is 18.2. The third-order valence-electron chi connectivity index (χ3n) is 4.42. The third-order valence-corrected chi connectivity index (χ3v) is 6.33. The molecule has 0 saturated heterocycles. The second kappa shape index (κ2) is 9.02. The van der Waals surface area contributed by atoms with E-state index in [1.54, 1.807) is 20.1 Å². The van der Waals surface area contributed by atoms with Gasteiger partial charge in [-0.05, 0) is 30.7 Å². The van der Waals surface area contributed by atoms with Crippen molar-refractivity contribution in [3.63, 3.8) is 0 Å². The molecule has 0 aliphatic heterocycles. The van der Waals surface area contributed by atoms with Crippen LogP contribution in [0.15, 0.2) is 34.2 Å². The lowest BCUT2D eigenvalue weighted by Gasteiger charge is -2.17. The van der Waals surface area contributed by atoms with E-state index in [1.165, 1.54) is 23.0 Å². The molecule has 12 heteroatoms. The van der Waals surface area contributed by atoms with Crippen molar-refractivity contribution in [3.05, 3.63) is 45.9 Å². The van der Waals surface area contributed by atoms with Crippen LogP contribution >= 0.6 is 11.6 Å². The van der Waals surface area contributed by atoms with Gasteiger partial charge >= 0.3 is 0 Å². The first-order chi connectivity index (χ1) is 14.3. The first kappa shape index (κ1) is 22.1. The van der Waals surface area contributed by atoms with Crippen LogP contribution in [0, 0.1) is 0 Å². The average Bonchev–Trinajstić information content (AvgIpc) is 2.73. The Kier molecular flexibility index (Phi) is 6.64. The lowest BCUT2D eigenvalue weighted by atomic mass is 10.3. The van der Waals surface area contributed by atoms with E-state index in [0.717, 1.165) is 0 Å². The van der Waals surface area contributed by atoms with E-state index in [4.69, 9.17) is 16.3 Å². The highest BCUT2D eigenvalue weighted by atomic mass is 35.5. The minimum absolute atomic E-state index is 0.00141. The van der Waals surface area contributed by atoms with Crippen LogP contribution in [0.1, 0.15) is 25.6 Å². The van der Waals surface area contributed by atoms with Crippen LogP contribution in [-0.4, -0.2) is 52.4 Å². The Morgan fingerprint density at radius 1 is 1.23 bits per heavy atom. The summed E-state index contributed by atoms with van der Waals surface area (Å²) in [7, 11) is -1.78. The fourth-order valence-corrected chi connectivity index (χ4v) is 3.81. The van der Waals surface area contributed by atoms with E-state index >= 15 is 0 Å². The number of nitrogens with one attached hydrogen (secondary N) is 1. The maximum Gasteiger partial charge on any atom is 0.295 e. The number of sulfone groups is 1. The molecule has 30 heavy (non-hydrogen) atoms.